The topological polar surface area (TPSA) is 49.8 Å². The molecule has 1 aromatic rings. The highest BCUT2D eigenvalue weighted by molar-refractivity contribution is 5.79. The van der Waals surface area contributed by atoms with Gasteiger partial charge in [-0.05, 0) is 32.3 Å². The Morgan fingerprint density at radius 1 is 1.32 bits per heavy atom. The van der Waals surface area contributed by atoms with Gasteiger partial charge in [0, 0.05) is 24.3 Å². The standard InChI is InChI=1S/C15H21NO3/c1-11-6-7-13(16-8-4-3-5-9-16)12(10-11)14(17)15(18)19-2/h6-7,10,14,17H,3-5,8-9H2,1-2H3. The molecule has 4 nitrogen and oxygen atoms in total. The Kier molecular flexibility index (Phi) is 4.43. The Labute approximate surface area is 114 Å². The van der Waals surface area contributed by atoms with Gasteiger partial charge in [-0.3, -0.25) is 0 Å². The minimum absolute atomic E-state index is 0.608. The van der Waals surface area contributed by atoms with Crippen molar-refractivity contribution in [3.05, 3.63) is 29.3 Å². The second kappa shape index (κ2) is 6.06. The zero-order valence-electron chi connectivity index (χ0n) is 11.6. The van der Waals surface area contributed by atoms with Crippen LogP contribution in [0, 0.1) is 6.92 Å². The fraction of sp³-hybridized carbons (Fsp3) is 0.533. The van der Waals surface area contributed by atoms with E-state index in [0.29, 0.717) is 5.56 Å². The predicted molar refractivity (Wildman–Crippen MR) is 74.2 cm³/mol. The summed E-state index contributed by atoms with van der Waals surface area (Å²) in [4.78, 5) is 13.8. The largest absolute Gasteiger partial charge is 0.467 e. The van der Waals surface area contributed by atoms with Crippen molar-refractivity contribution in [2.24, 2.45) is 0 Å². The number of rotatable bonds is 3. The number of hydrogen-bond donors (Lipinski definition) is 1. The van der Waals surface area contributed by atoms with Crippen LogP contribution in [0.5, 0.6) is 0 Å². The van der Waals surface area contributed by atoms with Crippen molar-refractivity contribution in [1.29, 1.82) is 0 Å². The van der Waals surface area contributed by atoms with Crippen molar-refractivity contribution < 1.29 is 14.6 Å². The first-order valence-corrected chi connectivity index (χ1v) is 6.75. The minimum Gasteiger partial charge on any atom is -0.467 e. The maximum absolute atomic E-state index is 11.6. The average Bonchev–Trinajstić information content (AvgIpc) is 2.46. The van der Waals surface area contributed by atoms with E-state index in [4.69, 9.17) is 0 Å². The van der Waals surface area contributed by atoms with E-state index >= 15 is 0 Å². The summed E-state index contributed by atoms with van der Waals surface area (Å²) in [5.41, 5.74) is 2.62. The van der Waals surface area contributed by atoms with Gasteiger partial charge in [-0.1, -0.05) is 17.7 Å². The molecule has 1 heterocycles. The lowest BCUT2D eigenvalue weighted by molar-refractivity contribution is -0.150. The number of hydrogen-bond acceptors (Lipinski definition) is 4. The van der Waals surface area contributed by atoms with Gasteiger partial charge in [-0.2, -0.15) is 0 Å². The Bertz CT molecular complexity index is 453. The Morgan fingerprint density at radius 3 is 2.63 bits per heavy atom. The van der Waals surface area contributed by atoms with Gasteiger partial charge in [-0.15, -0.1) is 0 Å². The molecular formula is C15H21NO3. The number of aliphatic hydroxyl groups excluding tert-OH is 1. The van der Waals surface area contributed by atoms with Crippen LogP contribution in [0.15, 0.2) is 18.2 Å². The highest BCUT2D eigenvalue weighted by atomic mass is 16.5. The number of ether oxygens (including phenoxy) is 1. The second-order valence-corrected chi connectivity index (χ2v) is 5.04. The van der Waals surface area contributed by atoms with Gasteiger partial charge in [0.25, 0.3) is 0 Å². The van der Waals surface area contributed by atoms with Gasteiger partial charge >= 0.3 is 5.97 Å². The van der Waals surface area contributed by atoms with Crippen molar-refractivity contribution in [2.45, 2.75) is 32.3 Å². The summed E-state index contributed by atoms with van der Waals surface area (Å²) in [7, 11) is 1.29. The second-order valence-electron chi connectivity index (χ2n) is 5.04. The predicted octanol–water partition coefficient (Wildman–Crippen LogP) is 2.19. The molecular weight excluding hydrogens is 242 g/mol. The van der Waals surface area contributed by atoms with Gasteiger partial charge in [0.15, 0.2) is 6.10 Å². The molecule has 2 rings (SSSR count). The molecule has 0 radical (unpaired) electrons. The summed E-state index contributed by atoms with van der Waals surface area (Å²) >= 11 is 0. The molecule has 0 bridgehead atoms. The summed E-state index contributed by atoms with van der Waals surface area (Å²) < 4.78 is 4.64. The van der Waals surface area contributed by atoms with Crippen LogP contribution in [0.4, 0.5) is 5.69 Å². The Morgan fingerprint density at radius 2 is 2.00 bits per heavy atom. The van der Waals surface area contributed by atoms with Gasteiger partial charge in [0.2, 0.25) is 0 Å². The van der Waals surface area contributed by atoms with Gasteiger partial charge in [0.05, 0.1) is 7.11 Å². The molecule has 19 heavy (non-hydrogen) atoms. The summed E-state index contributed by atoms with van der Waals surface area (Å²) in [6.07, 6.45) is 2.35. The lowest BCUT2D eigenvalue weighted by atomic mass is 10.0. The van der Waals surface area contributed by atoms with Crippen LogP contribution in [-0.2, 0) is 9.53 Å². The number of aliphatic hydroxyl groups is 1. The van der Waals surface area contributed by atoms with Gasteiger partial charge in [0.1, 0.15) is 0 Å². The third-order valence-corrected chi connectivity index (χ3v) is 3.60. The van der Waals surface area contributed by atoms with Crippen LogP contribution >= 0.6 is 0 Å². The highest BCUT2D eigenvalue weighted by Gasteiger charge is 2.24. The molecule has 1 unspecified atom stereocenters. The molecule has 0 aliphatic carbocycles. The number of anilines is 1. The number of piperidine rings is 1. The fourth-order valence-corrected chi connectivity index (χ4v) is 2.55. The van der Waals surface area contributed by atoms with E-state index in [0.717, 1.165) is 37.2 Å². The summed E-state index contributed by atoms with van der Waals surface area (Å²) in [6.45, 7) is 3.90. The van der Waals surface area contributed by atoms with E-state index in [1.165, 1.54) is 13.5 Å². The van der Waals surface area contributed by atoms with E-state index in [1.807, 2.05) is 25.1 Å². The van der Waals surface area contributed by atoms with E-state index in [-0.39, 0.29) is 0 Å². The molecule has 1 aliphatic heterocycles. The molecule has 104 valence electrons. The maximum atomic E-state index is 11.6. The van der Waals surface area contributed by atoms with Crippen LogP contribution < -0.4 is 4.90 Å². The molecule has 1 saturated heterocycles. The van der Waals surface area contributed by atoms with Crippen LogP contribution in [0.25, 0.3) is 0 Å². The molecule has 0 amide bonds. The fourth-order valence-electron chi connectivity index (χ4n) is 2.55. The summed E-state index contributed by atoms with van der Waals surface area (Å²) in [5.74, 6) is -0.608. The van der Waals surface area contributed by atoms with E-state index in [1.54, 1.807) is 0 Å². The lowest BCUT2D eigenvalue weighted by Gasteiger charge is -2.31. The average molecular weight is 263 g/mol. The van der Waals surface area contributed by atoms with Crippen molar-refractivity contribution in [2.75, 3.05) is 25.1 Å². The first-order valence-electron chi connectivity index (χ1n) is 6.75. The molecule has 0 aromatic heterocycles. The molecule has 0 saturated carbocycles. The molecule has 1 aliphatic rings. The van der Waals surface area contributed by atoms with Crippen molar-refractivity contribution in [3.63, 3.8) is 0 Å². The number of methoxy groups -OCH3 is 1. The number of esters is 1. The molecule has 1 atom stereocenters. The first-order chi connectivity index (χ1) is 9.13. The number of nitrogens with zero attached hydrogens (tertiary/aromatic N) is 1. The van der Waals surface area contributed by atoms with Crippen LogP contribution in [-0.4, -0.2) is 31.3 Å². The molecule has 1 N–H and O–H groups in total. The first kappa shape index (κ1) is 13.9. The highest BCUT2D eigenvalue weighted by Crippen LogP contribution is 2.30. The zero-order chi connectivity index (χ0) is 13.8. The third kappa shape index (κ3) is 3.07. The SMILES string of the molecule is COC(=O)C(O)c1cc(C)ccc1N1CCCCC1. The number of carbonyl (C=O) groups excluding carboxylic acids is 1. The van der Waals surface area contributed by atoms with E-state index in [2.05, 4.69) is 9.64 Å². The summed E-state index contributed by atoms with van der Waals surface area (Å²) in [5, 5.41) is 10.1. The van der Waals surface area contributed by atoms with Crippen molar-refractivity contribution in [3.8, 4) is 0 Å². The number of carbonyl (C=O) groups is 1. The number of benzene rings is 1. The van der Waals surface area contributed by atoms with Crippen molar-refractivity contribution >= 4 is 11.7 Å². The van der Waals surface area contributed by atoms with Gasteiger partial charge in [-0.25, -0.2) is 4.79 Å². The van der Waals surface area contributed by atoms with Gasteiger partial charge < -0.3 is 14.7 Å². The molecule has 1 fully saturated rings. The molecule has 0 spiro atoms. The van der Waals surface area contributed by atoms with Crippen LogP contribution in [0.3, 0.4) is 0 Å². The monoisotopic (exact) mass is 263 g/mol. The molecule has 1 aromatic carbocycles. The van der Waals surface area contributed by atoms with E-state index in [9.17, 15) is 9.90 Å². The van der Waals surface area contributed by atoms with E-state index < -0.39 is 12.1 Å². The Hall–Kier alpha value is -1.55. The lowest BCUT2D eigenvalue weighted by Crippen LogP contribution is -2.31. The minimum atomic E-state index is -1.21. The maximum Gasteiger partial charge on any atom is 0.339 e. The Balaban J connectivity index is 2.34. The molecule has 4 heteroatoms. The smallest absolute Gasteiger partial charge is 0.339 e. The zero-order valence-corrected chi connectivity index (χ0v) is 11.6. The normalized spacial score (nSPS) is 17.1. The third-order valence-electron chi connectivity index (χ3n) is 3.60. The van der Waals surface area contributed by atoms with Crippen molar-refractivity contribution in [1.82, 2.24) is 0 Å². The van der Waals surface area contributed by atoms with Crippen LogP contribution in [0.1, 0.15) is 36.5 Å². The van der Waals surface area contributed by atoms with Crippen LogP contribution in [0.2, 0.25) is 0 Å². The quantitative estimate of drug-likeness (QED) is 0.849. The summed E-state index contributed by atoms with van der Waals surface area (Å²) in [6, 6.07) is 5.87. The number of aryl methyl sites for hydroxylation is 1.